The smallest absolute Gasteiger partial charge is 0.253 e. The van der Waals surface area contributed by atoms with E-state index in [0.29, 0.717) is 11.3 Å². The monoisotopic (exact) mass is 344 g/mol. The summed E-state index contributed by atoms with van der Waals surface area (Å²) in [5, 5.41) is 0. The number of hydrogen-bond acceptors (Lipinski definition) is 2. The molecular formula is C20H25ClN2O. The maximum atomic E-state index is 12.6. The number of rotatable bonds is 4. The first-order valence-corrected chi connectivity index (χ1v) is 8.25. The van der Waals surface area contributed by atoms with Gasteiger partial charge in [-0.05, 0) is 48.4 Å². The number of aryl methyl sites for hydroxylation is 1. The van der Waals surface area contributed by atoms with Crippen LogP contribution in [0.3, 0.4) is 0 Å². The van der Waals surface area contributed by atoms with Crippen LogP contribution >= 0.6 is 12.4 Å². The Morgan fingerprint density at radius 2 is 1.92 bits per heavy atom. The van der Waals surface area contributed by atoms with Crippen molar-refractivity contribution >= 4 is 24.0 Å². The number of hydrogen-bond donors (Lipinski definition) is 1. The SMILES string of the molecule is CC1(CCc2ccccc2)CCN(C(=O)c2cccc(N)c2)C1.Cl. The number of nitrogen functional groups attached to an aromatic ring is 1. The van der Waals surface area contributed by atoms with Gasteiger partial charge in [0, 0.05) is 24.3 Å². The van der Waals surface area contributed by atoms with Crippen molar-refractivity contribution in [1.29, 1.82) is 0 Å². The lowest BCUT2D eigenvalue weighted by Gasteiger charge is -2.25. The third kappa shape index (κ3) is 4.30. The van der Waals surface area contributed by atoms with Gasteiger partial charge in [0.15, 0.2) is 0 Å². The molecule has 2 N–H and O–H groups in total. The van der Waals surface area contributed by atoms with Gasteiger partial charge >= 0.3 is 0 Å². The second kappa shape index (κ2) is 7.71. The fourth-order valence-corrected chi connectivity index (χ4v) is 3.35. The second-order valence-corrected chi connectivity index (χ2v) is 6.90. The van der Waals surface area contributed by atoms with Crippen LogP contribution in [0.1, 0.15) is 35.7 Å². The summed E-state index contributed by atoms with van der Waals surface area (Å²) in [6.45, 7) is 3.95. The van der Waals surface area contributed by atoms with E-state index in [-0.39, 0.29) is 23.7 Å². The molecule has 1 atom stereocenters. The molecule has 1 fully saturated rings. The Kier molecular flexibility index (Phi) is 5.89. The van der Waals surface area contributed by atoms with Crippen LogP contribution in [0, 0.1) is 5.41 Å². The lowest BCUT2D eigenvalue weighted by atomic mass is 9.83. The molecule has 4 heteroatoms. The number of nitrogens with zero attached hydrogens (tertiary/aromatic N) is 1. The standard InChI is InChI=1S/C20H24N2O.ClH/c1-20(11-10-16-6-3-2-4-7-16)12-13-22(15-20)19(23)17-8-5-9-18(21)14-17;/h2-9,14H,10-13,15,21H2,1H3;1H. The minimum atomic E-state index is 0. The molecular weight excluding hydrogens is 320 g/mol. The highest BCUT2D eigenvalue weighted by Crippen LogP contribution is 2.35. The summed E-state index contributed by atoms with van der Waals surface area (Å²) in [5.74, 6) is 0.0979. The molecule has 2 aromatic carbocycles. The number of benzene rings is 2. The maximum Gasteiger partial charge on any atom is 0.253 e. The fraction of sp³-hybridized carbons (Fsp3) is 0.350. The third-order valence-corrected chi connectivity index (χ3v) is 4.84. The second-order valence-electron chi connectivity index (χ2n) is 6.90. The van der Waals surface area contributed by atoms with Crippen molar-refractivity contribution in [3.63, 3.8) is 0 Å². The predicted molar refractivity (Wildman–Crippen MR) is 101 cm³/mol. The Balaban J connectivity index is 0.00000208. The van der Waals surface area contributed by atoms with Crippen molar-refractivity contribution in [3.8, 4) is 0 Å². The number of carbonyl (C=O) groups is 1. The van der Waals surface area contributed by atoms with Gasteiger partial charge in [-0.1, -0.05) is 43.3 Å². The van der Waals surface area contributed by atoms with Crippen LogP contribution in [0.4, 0.5) is 5.69 Å². The Bertz CT molecular complexity index is 689. The topological polar surface area (TPSA) is 46.3 Å². The van der Waals surface area contributed by atoms with Crippen molar-refractivity contribution < 1.29 is 4.79 Å². The molecule has 3 rings (SSSR count). The molecule has 1 unspecified atom stereocenters. The van der Waals surface area contributed by atoms with E-state index >= 15 is 0 Å². The van der Waals surface area contributed by atoms with Gasteiger partial charge in [0.05, 0.1) is 0 Å². The van der Waals surface area contributed by atoms with Gasteiger partial charge in [-0.2, -0.15) is 0 Å². The van der Waals surface area contributed by atoms with Gasteiger partial charge in [-0.15, -0.1) is 12.4 Å². The first-order chi connectivity index (χ1) is 11.1. The molecule has 0 aliphatic carbocycles. The Labute approximate surface area is 150 Å². The predicted octanol–water partition coefficient (Wildman–Crippen LogP) is 4.18. The fourth-order valence-electron chi connectivity index (χ4n) is 3.35. The molecule has 0 saturated carbocycles. The highest BCUT2D eigenvalue weighted by Gasteiger charge is 2.35. The van der Waals surface area contributed by atoms with Crippen LogP contribution < -0.4 is 5.73 Å². The zero-order valence-corrected chi connectivity index (χ0v) is 14.9. The molecule has 0 radical (unpaired) electrons. The zero-order chi connectivity index (χ0) is 16.3. The minimum absolute atomic E-state index is 0. The van der Waals surface area contributed by atoms with Crippen molar-refractivity contribution in [2.45, 2.75) is 26.2 Å². The van der Waals surface area contributed by atoms with Gasteiger partial charge in [0.1, 0.15) is 0 Å². The third-order valence-electron chi connectivity index (χ3n) is 4.84. The molecule has 1 aliphatic heterocycles. The molecule has 1 amide bonds. The molecule has 1 aliphatic rings. The van der Waals surface area contributed by atoms with Crippen LogP contribution in [-0.2, 0) is 6.42 Å². The largest absolute Gasteiger partial charge is 0.399 e. The summed E-state index contributed by atoms with van der Waals surface area (Å²) in [5.41, 5.74) is 8.69. The van der Waals surface area contributed by atoms with Crippen molar-refractivity contribution in [1.82, 2.24) is 4.90 Å². The Morgan fingerprint density at radius 1 is 1.17 bits per heavy atom. The van der Waals surface area contributed by atoms with Crippen LogP contribution in [0.25, 0.3) is 0 Å². The first-order valence-electron chi connectivity index (χ1n) is 8.25. The van der Waals surface area contributed by atoms with Crippen LogP contribution in [0.2, 0.25) is 0 Å². The minimum Gasteiger partial charge on any atom is -0.399 e. The van der Waals surface area contributed by atoms with Gasteiger partial charge < -0.3 is 10.6 Å². The first kappa shape index (κ1) is 18.3. The van der Waals surface area contributed by atoms with Gasteiger partial charge in [0.2, 0.25) is 0 Å². The van der Waals surface area contributed by atoms with E-state index < -0.39 is 0 Å². The summed E-state index contributed by atoms with van der Waals surface area (Å²) in [6, 6.07) is 17.8. The molecule has 128 valence electrons. The van der Waals surface area contributed by atoms with E-state index in [1.54, 1.807) is 6.07 Å². The molecule has 3 nitrogen and oxygen atoms in total. The maximum absolute atomic E-state index is 12.6. The summed E-state index contributed by atoms with van der Waals surface area (Å²) in [4.78, 5) is 14.6. The van der Waals surface area contributed by atoms with E-state index in [0.717, 1.165) is 32.4 Å². The van der Waals surface area contributed by atoms with Crippen molar-refractivity contribution in [3.05, 3.63) is 65.7 Å². The lowest BCUT2D eigenvalue weighted by molar-refractivity contribution is 0.0774. The zero-order valence-electron chi connectivity index (χ0n) is 14.1. The highest BCUT2D eigenvalue weighted by molar-refractivity contribution is 5.95. The summed E-state index contributed by atoms with van der Waals surface area (Å²) in [7, 11) is 0. The van der Waals surface area contributed by atoms with E-state index in [1.165, 1.54) is 5.56 Å². The number of likely N-dealkylation sites (tertiary alicyclic amines) is 1. The molecule has 24 heavy (non-hydrogen) atoms. The van der Waals surface area contributed by atoms with E-state index in [4.69, 9.17) is 5.73 Å². The number of halogens is 1. The average molecular weight is 345 g/mol. The number of amides is 1. The van der Waals surface area contributed by atoms with Crippen LogP contribution in [0.15, 0.2) is 54.6 Å². The number of carbonyl (C=O) groups excluding carboxylic acids is 1. The van der Waals surface area contributed by atoms with Gasteiger partial charge in [0.25, 0.3) is 5.91 Å². The molecule has 1 saturated heterocycles. The molecule has 0 aromatic heterocycles. The van der Waals surface area contributed by atoms with Crippen molar-refractivity contribution in [2.24, 2.45) is 5.41 Å². The summed E-state index contributed by atoms with van der Waals surface area (Å²) in [6.07, 6.45) is 3.24. The van der Waals surface area contributed by atoms with Crippen molar-refractivity contribution in [2.75, 3.05) is 18.8 Å². The molecule has 0 spiro atoms. The Morgan fingerprint density at radius 3 is 2.62 bits per heavy atom. The Hall–Kier alpha value is -2.00. The molecule has 2 aromatic rings. The molecule has 1 heterocycles. The van der Waals surface area contributed by atoms with E-state index in [2.05, 4.69) is 31.2 Å². The van der Waals surface area contributed by atoms with Crippen LogP contribution in [-0.4, -0.2) is 23.9 Å². The van der Waals surface area contributed by atoms with Gasteiger partial charge in [-0.25, -0.2) is 0 Å². The van der Waals surface area contributed by atoms with Crippen LogP contribution in [0.5, 0.6) is 0 Å². The highest BCUT2D eigenvalue weighted by atomic mass is 35.5. The number of nitrogens with two attached hydrogens (primary N) is 1. The lowest BCUT2D eigenvalue weighted by Crippen LogP contribution is -2.31. The van der Waals surface area contributed by atoms with E-state index in [1.807, 2.05) is 29.2 Å². The summed E-state index contributed by atoms with van der Waals surface area (Å²) < 4.78 is 0. The summed E-state index contributed by atoms with van der Waals surface area (Å²) >= 11 is 0. The number of anilines is 1. The average Bonchev–Trinajstić information content (AvgIpc) is 2.96. The normalized spacial score (nSPS) is 19.8. The molecule has 0 bridgehead atoms. The van der Waals surface area contributed by atoms with E-state index in [9.17, 15) is 4.79 Å². The van der Waals surface area contributed by atoms with Gasteiger partial charge in [-0.3, -0.25) is 4.79 Å². The quantitative estimate of drug-likeness (QED) is 0.846.